The van der Waals surface area contributed by atoms with Crippen molar-refractivity contribution in [3.8, 4) is 6.07 Å². The summed E-state index contributed by atoms with van der Waals surface area (Å²) in [6, 6.07) is 1.82. The fourth-order valence-corrected chi connectivity index (χ4v) is 0.620. The molecule has 0 rings (SSSR count). The molecule has 0 bridgehead atoms. The number of rotatable bonds is 5. The molecule has 0 saturated carbocycles. The SMILES string of the molecule is C=CCCCC(=O)CC#N. The molecule has 0 radical (unpaired) electrons. The standard InChI is InChI=1S/C8H11NO/c1-2-3-4-5-8(10)6-7-9/h2H,1,3-6H2. The normalized spacial score (nSPS) is 8.30. The Hall–Kier alpha value is -1.10. The minimum Gasteiger partial charge on any atom is -0.299 e. The summed E-state index contributed by atoms with van der Waals surface area (Å²) in [6.45, 7) is 3.53. The number of hydrogen-bond donors (Lipinski definition) is 0. The van der Waals surface area contributed by atoms with Crippen molar-refractivity contribution < 1.29 is 4.79 Å². The number of ketones is 1. The first kappa shape index (κ1) is 8.90. The highest BCUT2D eigenvalue weighted by molar-refractivity contribution is 5.80. The van der Waals surface area contributed by atoms with Crippen molar-refractivity contribution in [3.63, 3.8) is 0 Å². The Morgan fingerprint density at radius 2 is 2.40 bits per heavy atom. The second-order valence-corrected chi connectivity index (χ2v) is 2.05. The van der Waals surface area contributed by atoms with Crippen molar-refractivity contribution in [2.24, 2.45) is 0 Å². The third kappa shape index (κ3) is 5.04. The average molecular weight is 137 g/mol. The van der Waals surface area contributed by atoms with Gasteiger partial charge >= 0.3 is 0 Å². The van der Waals surface area contributed by atoms with Crippen LogP contribution in [0.4, 0.5) is 0 Å². The van der Waals surface area contributed by atoms with Crippen LogP contribution in [0.25, 0.3) is 0 Å². The van der Waals surface area contributed by atoms with Crippen molar-refractivity contribution in [3.05, 3.63) is 12.7 Å². The van der Waals surface area contributed by atoms with Gasteiger partial charge in [-0.3, -0.25) is 4.79 Å². The van der Waals surface area contributed by atoms with Crippen LogP contribution in [0.1, 0.15) is 25.7 Å². The zero-order valence-electron chi connectivity index (χ0n) is 5.97. The molecule has 2 heteroatoms. The molecular formula is C8H11NO. The number of Topliss-reactive ketones (excluding diaryl/α,β-unsaturated/α-hetero) is 1. The van der Waals surface area contributed by atoms with Crippen LogP contribution in [0.2, 0.25) is 0 Å². The van der Waals surface area contributed by atoms with Gasteiger partial charge in [-0.25, -0.2) is 0 Å². The lowest BCUT2D eigenvalue weighted by atomic mass is 10.1. The summed E-state index contributed by atoms with van der Waals surface area (Å²) in [5.74, 6) is 0.0318. The van der Waals surface area contributed by atoms with E-state index in [0.717, 1.165) is 12.8 Å². The van der Waals surface area contributed by atoms with Crippen LogP contribution in [0, 0.1) is 11.3 Å². The first-order valence-corrected chi connectivity index (χ1v) is 3.30. The van der Waals surface area contributed by atoms with Crippen molar-refractivity contribution in [2.75, 3.05) is 0 Å². The number of nitriles is 1. The molecule has 0 fully saturated rings. The molecule has 0 aromatic heterocycles. The van der Waals surface area contributed by atoms with Crippen molar-refractivity contribution in [1.29, 1.82) is 5.26 Å². The minimum atomic E-state index is 0.0318. The van der Waals surface area contributed by atoms with Crippen LogP contribution in [-0.2, 0) is 4.79 Å². The second kappa shape index (κ2) is 6.03. The molecule has 0 aliphatic heterocycles. The van der Waals surface area contributed by atoms with Gasteiger partial charge in [0.05, 0.1) is 12.5 Å². The summed E-state index contributed by atoms with van der Waals surface area (Å²) < 4.78 is 0. The summed E-state index contributed by atoms with van der Waals surface area (Å²) in [7, 11) is 0. The lowest BCUT2D eigenvalue weighted by molar-refractivity contribution is -0.118. The fourth-order valence-electron chi connectivity index (χ4n) is 0.620. The zero-order chi connectivity index (χ0) is 7.82. The van der Waals surface area contributed by atoms with Crippen molar-refractivity contribution in [1.82, 2.24) is 0 Å². The first-order valence-electron chi connectivity index (χ1n) is 3.30. The van der Waals surface area contributed by atoms with Crippen LogP contribution in [0.5, 0.6) is 0 Å². The number of carbonyl (C=O) groups is 1. The molecule has 0 heterocycles. The molecule has 0 N–H and O–H groups in total. The zero-order valence-corrected chi connectivity index (χ0v) is 5.97. The molecule has 0 aromatic carbocycles. The summed E-state index contributed by atoms with van der Waals surface area (Å²) in [5.41, 5.74) is 0. The van der Waals surface area contributed by atoms with Gasteiger partial charge in [-0.2, -0.15) is 5.26 Å². The Kier molecular flexibility index (Phi) is 5.36. The smallest absolute Gasteiger partial charge is 0.146 e. The van der Waals surface area contributed by atoms with E-state index in [1.54, 1.807) is 6.08 Å². The van der Waals surface area contributed by atoms with E-state index in [-0.39, 0.29) is 12.2 Å². The van der Waals surface area contributed by atoms with Gasteiger partial charge in [0, 0.05) is 6.42 Å². The molecule has 0 aromatic rings. The largest absolute Gasteiger partial charge is 0.299 e. The molecule has 0 spiro atoms. The highest BCUT2D eigenvalue weighted by atomic mass is 16.1. The van der Waals surface area contributed by atoms with Crippen LogP contribution in [-0.4, -0.2) is 5.78 Å². The van der Waals surface area contributed by atoms with E-state index in [0.29, 0.717) is 6.42 Å². The Labute approximate surface area is 61.2 Å². The molecule has 10 heavy (non-hydrogen) atoms. The van der Waals surface area contributed by atoms with E-state index < -0.39 is 0 Å². The van der Waals surface area contributed by atoms with Gasteiger partial charge in [0.1, 0.15) is 5.78 Å². The van der Waals surface area contributed by atoms with E-state index >= 15 is 0 Å². The average Bonchev–Trinajstić information content (AvgIpc) is 1.89. The molecule has 0 amide bonds. The summed E-state index contributed by atoms with van der Waals surface area (Å²) in [4.78, 5) is 10.7. The maximum Gasteiger partial charge on any atom is 0.146 e. The number of carbonyl (C=O) groups excluding carboxylic acids is 1. The monoisotopic (exact) mass is 137 g/mol. The van der Waals surface area contributed by atoms with E-state index in [4.69, 9.17) is 5.26 Å². The van der Waals surface area contributed by atoms with Crippen LogP contribution in [0.3, 0.4) is 0 Å². The van der Waals surface area contributed by atoms with Crippen LogP contribution < -0.4 is 0 Å². The molecule has 0 saturated heterocycles. The highest BCUT2D eigenvalue weighted by Gasteiger charge is 1.97. The number of unbranched alkanes of at least 4 members (excludes halogenated alkanes) is 1. The van der Waals surface area contributed by atoms with Gasteiger partial charge in [-0.05, 0) is 12.8 Å². The Bertz CT molecular complexity index is 155. The van der Waals surface area contributed by atoms with Gasteiger partial charge in [0.25, 0.3) is 0 Å². The maximum absolute atomic E-state index is 10.7. The Morgan fingerprint density at radius 3 is 2.90 bits per heavy atom. The summed E-state index contributed by atoms with van der Waals surface area (Å²) in [5, 5.41) is 8.10. The predicted octanol–water partition coefficient (Wildman–Crippen LogP) is 1.83. The summed E-state index contributed by atoms with van der Waals surface area (Å²) >= 11 is 0. The van der Waals surface area contributed by atoms with Gasteiger partial charge in [-0.15, -0.1) is 6.58 Å². The number of nitrogens with zero attached hydrogens (tertiary/aromatic N) is 1. The van der Waals surface area contributed by atoms with E-state index in [1.165, 1.54) is 0 Å². The molecule has 54 valence electrons. The Balaban J connectivity index is 3.23. The lowest BCUT2D eigenvalue weighted by Crippen LogP contribution is -1.94. The topological polar surface area (TPSA) is 40.9 Å². The minimum absolute atomic E-state index is 0.0318. The van der Waals surface area contributed by atoms with Gasteiger partial charge < -0.3 is 0 Å². The van der Waals surface area contributed by atoms with Crippen molar-refractivity contribution in [2.45, 2.75) is 25.7 Å². The summed E-state index contributed by atoms with van der Waals surface area (Å²) in [6.07, 6.45) is 4.03. The van der Waals surface area contributed by atoms with E-state index in [1.807, 2.05) is 6.07 Å². The van der Waals surface area contributed by atoms with Gasteiger partial charge in [0.2, 0.25) is 0 Å². The highest BCUT2D eigenvalue weighted by Crippen LogP contribution is 1.98. The van der Waals surface area contributed by atoms with Crippen LogP contribution in [0.15, 0.2) is 12.7 Å². The van der Waals surface area contributed by atoms with Gasteiger partial charge in [0.15, 0.2) is 0 Å². The molecular weight excluding hydrogens is 126 g/mol. The fraction of sp³-hybridized carbons (Fsp3) is 0.500. The van der Waals surface area contributed by atoms with Gasteiger partial charge in [-0.1, -0.05) is 6.08 Å². The molecule has 0 atom stereocenters. The van der Waals surface area contributed by atoms with Crippen molar-refractivity contribution >= 4 is 5.78 Å². The second-order valence-electron chi connectivity index (χ2n) is 2.05. The van der Waals surface area contributed by atoms with E-state index in [2.05, 4.69) is 6.58 Å². The number of hydrogen-bond acceptors (Lipinski definition) is 2. The third-order valence-corrected chi connectivity index (χ3v) is 1.14. The van der Waals surface area contributed by atoms with E-state index in [9.17, 15) is 4.79 Å². The first-order chi connectivity index (χ1) is 4.81. The molecule has 0 unspecified atom stereocenters. The molecule has 0 aliphatic rings. The maximum atomic E-state index is 10.7. The quantitative estimate of drug-likeness (QED) is 0.428. The molecule has 0 aliphatic carbocycles. The lowest BCUT2D eigenvalue weighted by Gasteiger charge is -1.91. The predicted molar refractivity (Wildman–Crippen MR) is 39.3 cm³/mol. The molecule has 2 nitrogen and oxygen atoms in total. The van der Waals surface area contributed by atoms with Crippen LogP contribution >= 0.6 is 0 Å². The Morgan fingerprint density at radius 1 is 1.70 bits per heavy atom. The third-order valence-electron chi connectivity index (χ3n) is 1.14. The number of allylic oxidation sites excluding steroid dienone is 1.